The molecule has 100 valence electrons. The predicted molar refractivity (Wildman–Crippen MR) is 72.8 cm³/mol. The highest BCUT2D eigenvalue weighted by atomic mass is 16.1. The molecular weight excluding hydrogens is 240 g/mol. The Morgan fingerprint density at radius 1 is 1.42 bits per heavy atom. The summed E-state index contributed by atoms with van der Waals surface area (Å²) in [6.45, 7) is 5.92. The smallest absolute Gasteiger partial charge is 0.253 e. The molecule has 2 aromatic rings. The van der Waals surface area contributed by atoms with E-state index in [2.05, 4.69) is 15.4 Å². The topological polar surface area (TPSA) is 59.8 Å². The zero-order valence-corrected chi connectivity index (χ0v) is 11.6. The first-order valence-corrected chi connectivity index (χ1v) is 6.21. The van der Waals surface area contributed by atoms with Gasteiger partial charge in [-0.2, -0.15) is 5.10 Å². The third-order valence-electron chi connectivity index (χ3n) is 3.27. The second-order valence-corrected chi connectivity index (χ2v) is 4.64. The van der Waals surface area contributed by atoms with E-state index in [1.54, 1.807) is 24.5 Å². The Kier molecular flexibility index (Phi) is 3.64. The summed E-state index contributed by atoms with van der Waals surface area (Å²) in [6.07, 6.45) is 3.21. The molecular formula is C14H18N4O. The summed E-state index contributed by atoms with van der Waals surface area (Å²) in [5.74, 6) is -0.122. The van der Waals surface area contributed by atoms with E-state index in [1.165, 1.54) is 0 Å². The van der Waals surface area contributed by atoms with E-state index in [-0.39, 0.29) is 11.9 Å². The predicted octanol–water partition coefficient (Wildman–Crippen LogP) is 1.92. The van der Waals surface area contributed by atoms with Crippen LogP contribution in [-0.4, -0.2) is 20.7 Å². The highest BCUT2D eigenvalue weighted by Crippen LogP contribution is 2.20. The van der Waals surface area contributed by atoms with E-state index in [1.807, 2.05) is 32.5 Å². The fourth-order valence-electron chi connectivity index (χ4n) is 2.27. The number of pyridine rings is 1. The summed E-state index contributed by atoms with van der Waals surface area (Å²) in [6, 6.07) is 3.42. The number of amides is 1. The van der Waals surface area contributed by atoms with Gasteiger partial charge in [0.2, 0.25) is 0 Å². The molecule has 0 saturated carbocycles. The van der Waals surface area contributed by atoms with Gasteiger partial charge < -0.3 is 5.32 Å². The Balaban J connectivity index is 2.18. The molecule has 0 fully saturated rings. The van der Waals surface area contributed by atoms with Crippen LogP contribution in [0.3, 0.4) is 0 Å². The molecule has 0 aliphatic heterocycles. The molecule has 0 aliphatic rings. The average molecular weight is 258 g/mol. The van der Waals surface area contributed by atoms with Crippen LogP contribution in [0.1, 0.15) is 40.3 Å². The Bertz CT molecular complexity index is 589. The third kappa shape index (κ3) is 2.65. The van der Waals surface area contributed by atoms with Crippen LogP contribution in [0.25, 0.3) is 0 Å². The van der Waals surface area contributed by atoms with Crippen LogP contribution in [0.4, 0.5) is 0 Å². The van der Waals surface area contributed by atoms with E-state index in [0.29, 0.717) is 5.56 Å². The Hall–Kier alpha value is -2.17. The lowest BCUT2D eigenvalue weighted by atomic mass is 10.1. The van der Waals surface area contributed by atoms with E-state index in [0.717, 1.165) is 17.0 Å². The molecule has 2 rings (SSSR count). The maximum atomic E-state index is 12.1. The number of carbonyl (C=O) groups excluding carboxylic acids is 1. The van der Waals surface area contributed by atoms with Crippen molar-refractivity contribution in [2.75, 3.05) is 0 Å². The van der Waals surface area contributed by atoms with Crippen molar-refractivity contribution in [3.63, 3.8) is 0 Å². The summed E-state index contributed by atoms with van der Waals surface area (Å²) in [5, 5.41) is 7.34. The van der Waals surface area contributed by atoms with Crippen molar-refractivity contribution in [2.24, 2.45) is 7.05 Å². The molecule has 0 aromatic carbocycles. The van der Waals surface area contributed by atoms with E-state index < -0.39 is 0 Å². The molecule has 1 N–H and O–H groups in total. The number of nitrogens with one attached hydrogen (secondary N) is 1. The molecule has 2 heterocycles. The van der Waals surface area contributed by atoms with Crippen molar-refractivity contribution in [1.29, 1.82) is 0 Å². The van der Waals surface area contributed by atoms with Gasteiger partial charge in [-0.15, -0.1) is 0 Å². The fourth-order valence-corrected chi connectivity index (χ4v) is 2.27. The molecule has 0 aliphatic carbocycles. The molecule has 0 saturated heterocycles. The molecule has 5 heteroatoms. The molecule has 0 bridgehead atoms. The van der Waals surface area contributed by atoms with Crippen molar-refractivity contribution in [3.8, 4) is 0 Å². The monoisotopic (exact) mass is 258 g/mol. The molecule has 5 nitrogen and oxygen atoms in total. The minimum absolute atomic E-state index is 0.0820. The van der Waals surface area contributed by atoms with Gasteiger partial charge in [0.15, 0.2) is 0 Å². The fraction of sp³-hybridized carbons (Fsp3) is 0.357. The quantitative estimate of drug-likeness (QED) is 0.915. The maximum Gasteiger partial charge on any atom is 0.253 e. The molecule has 0 spiro atoms. The lowest BCUT2D eigenvalue weighted by molar-refractivity contribution is 0.0939. The summed E-state index contributed by atoms with van der Waals surface area (Å²) in [7, 11) is 1.90. The zero-order valence-electron chi connectivity index (χ0n) is 11.6. The number of hydrogen-bond donors (Lipinski definition) is 1. The SMILES string of the molecule is Cc1nn(C)c(C)c1[C@H](C)NC(=O)c1cccnc1. The van der Waals surface area contributed by atoms with E-state index in [4.69, 9.17) is 0 Å². The van der Waals surface area contributed by atoms with E-state index >= 15 is 0 Å². The molecule has 0 radical (unpaired) electrons. The van der Waals surface area contributed by atoms with Crippen molar-refractivity contribution in [3.05, 3.63) is 47.0 Å². The Morgan fingerprint density at radius 2 is 2.16 bits per heavy atom. The lowest BCUT2D eigenvalue weighted by Crippen LogP contribution is -2.27. The first-order valence-electron chi connectivity index (χ1n) is 6.21. The van der Waals surface area contributed by atoms with Gasteiger partial charge in [0.05, 0.1) is 17.3 Å². The van der Waals surface area contributed by atoms with Crippen LogP contribution in [0.5, 0.6) is 0 Å². The van der Waals surface area contributed by atoms with Crippen LogP contribution >= 0.6 is 0 Å². The zero-order chi connectivity index (χ0) is 14.0. The molecule has 1 atom stereocenters. The number of aromatic nitrogens is 3. The van der Waals surface area contributed by atoms with Gasteiger partial charge in [-0.25, -0.2) is 0 Å². The summed E-state index contributed by atoms with van der Waals surface area (Å²) in [5.41, 5.74) is 3.64. The number of carbonyl (C=O) groups is 1. The normalized spacial score (nSPS) is 12.2. The standard InChI is InChI=1S/C14H18N4O/c1-9(13-10(2)17-18(4)11(13)3)16-14(19)12-6-5-7-15-8-12/h5-9H,1-4H3,(H,16,19)/t9-/m0/s1. The first-order chi connectivity index (χ1) is 9.00. The van der Waals surface area contributed by atoms with Crippen molar-refractivity contribution >= 4 is 5.91 Å². The van der Waals surface area contributed by atoms with Crippen LogP contribution in [-0.2, 0) is 7.05 Å². The summed E-state index contributed by atoms with van der Waals surface area (Å²) >= 11 is 0. The van der Waals surface area contributed by atoms with Gasteiger partial charge in [-0.3, -0.25) is 14.5 Å². The Labute approximate surface area is 112 Å². The minimum atomic E-state index is -0.122. The first kappa shape index (κ1) is 13.3. The second kappa shape index (κ2) is 5.22. The van der Waals surface area contributed by atoms with Gasteiger partial charge in [0.1, 0.15) is 0 Å². The average Bonchev–Trinajstić information content (AvgIpc) is 2.64. The van der Waals surface area contributed by atoms with Crippen LogP contribution in [0.2, 0.25) is 0 Å². The Morgan fingerprint density at radius 3 is 2.68 bits per heavy atom. The van der Waals surface area contributed by atoms with Crippen LogP contribution in [0, 0.1) is 13.8 Å². The number of hydrogen-bond acceptors (Lipinski definition) is 3. The van der Waals surface area contributed by atoms with Gasteiger partial charge in [0.25, 0.3) is 5.91 Å². The van der Waals surface area contributed by atoms with Crippen molar-refractivity contribution in [1.82, 2.24) is 20.1 Å². The molecule has 0 unspecified atom stereocenters. The van der Waals surface area contributed by atoms with Crippen LogP contribution < -0.4 is 5.32 Å². The number of rotatable bonds is 3. The molecule has 1 amide bonds. The van der Waals surface area contributed by atoms with Crippen molar-refractivity contribution < 1.29 is 4.79 Å². The highest BCUT2D eigenvalue weighted by Gasteiger charge is 2.18. The third-order valence-corrected chi connectivity index (χ3v) is 3.27. The van der Waals surface area contributed by atoms with Gasteiger partial charge >= 0.3 is 0 Å². The maximum absolute atomic E-state index is 12.1. The number of nitrogens with zero attached hydrogens (tertiary/aromatic N) is 3. The van der Waals surface area contributed by atoms with Gasteiger partial charge in [0, 0.05) is 30.7 Å². The second-order valence-electron chi connectivity index (χ2n) is 4.64. The van der Waals surface area contributed by atoms with Crippen molar-refractivity contribution in [2.45, 2.75) is 26.8 Å². The summed E-state index contributed by atoms with van der Waals surface area (Å²) < 4.78 is 1.83. The van der Waals surface area contributed by atoms with Crippen LogP contribution in [0.15, 0.2) is 24.5 Å². The largest absolute Gasteiger partial charge is 0.345 e. The molecule has 2 aromatic heterocycles. The highest BCUT2D eigenvalue weighted by molar-refractivity contribution is 5.94. The number of aryl methyl sites for hydroxylation is 2. The summed E-state index contributed by atoms with van der Waals surface area (Å²) in [4.78, 5) is 16.0. The van der Waals surface area contributed by atoms with Gasteiger partial charge in [-0.05, 0) is 32.9 Å². The van der Waals surface area contributed by atoms with Gasteiger partial charge in [-0.1, -0.05) is 0 Å². The van der Waals surface area contributed by atoms with E-state index in [9.17, 15) is 4.79 Å². The lowest BCUT2D eigenvalue weighted by Gasteiger charge is -2.14. The minimum Gasteiger partial charge on any atom is -0.345 e. The molecule has 19 heavy (non-hydrogen) atoms.